The summed E-state index contributed by atoms with van der Waals surface area (Å²) in [4.78, 5) is 12.2. The predicted molar refractivity (Wildman–Crippen MR) is 98.5 cm³/mol. The van der Waals surface area contributed by atoms with E-state index in [1.54, 1.807) is 18.2 Å². The summed E-state index contributed by atoms with van der Waals surface area (Å²) in [6.07, 6.45) is 0.766. The number of aromatic nitrogens is 2. The lowest BCUT2D eigenvalue weighted by Crippen LogP contribution is -2.26. The summed E-state index contributed by atoms with van der Waals surface area (Å²) in [6.45, 7) is 2.41. The molecule has 0 saturated heterocycles. The van der Waals surface area contributed by atoms with Gasteiger partial charge in [-0.1, -0.05) is 25.1 Å². The van der Waals surface area contributed by atoms with Crippen molar-refractivity contribution in [3.05, 3.63) is 47.7 Å². The fourth-order valence-corrected chi connectivity index (χ4v) is 2.83. The molecule has 3 aromatic rings. The van der Waals surface area contributed by atoms with Crippen LogP contribution in [0, 0.1) is 11.6 Å². The normalized spacial score (nSPS) is 10.8. The first-order valence-electron chi connectivity index (χ1n) is 8.34. The predicted octanol–water partition coefficient (Wildman–Crippen LogP) is 3.31. The summed E-state index contributed by atoms with van der Waals surface area (Å²) in [5.74, 6) is -2.13. The Morgan fingerprint density at radius 3 is 2.70 bits per heavy atom. The van der Waals surface area contributed by atoms with Gasteiger partial charge in [-0.3, -0.25) is 4.79 Å². The average molecular weight is 372 g/mol. The Morgan fingerprint density at radius 1 is 1.22 bits per heavy atom. The summed E-state index contributed by atoms with van der Waals surface area (Å²) in [5, 5.41) is 11.2. The Balaban J connectivity index is 2.21. The van der Waals surface area contributed by atoms with Crippen LogP contribution in [0.1, 0.15) is 23.8 Å². The number of hydrogen-bond donors (Lipinski definition) is 2. The van der Waals surface area contributed by atoms with Crippen molar-refractivity contribution < 1.29 is 18.3 Å². The lowest BCUT2D eigenvalue weighted by molar-refractivity contribution is 0.0949. The molecule has 0 unspecified atom stereocenters. The highest BCUT2D eigenvalue weighted by Crippen LogP contribution is 2.37. The van der Waals surface area contributed by atoms with Gasteiger partial charge in [0.2, 0.25) is 0 Å². The molecule has 6 nitrogen and oxygen atoms in total. The Hall–Kier alpha value is -3.29. The molecule has 27 heavy (non-hydrogen) atoms. The molecule has 3 N–H and O–H groups in total. The lowest BCUT2D eigenvalue weighted by atomic mass is 10.00. The van der Waals surface area contributed by atoms with Crippen LogP contribution in [0.5, 0.6) is 5.75 Å². The Kier molecular flexibility index (Phi) is 5.16. The van der Waals surface area contributed by atoms with E-state index in [9.17, 15) is 13.6 Å². The lowest BCUT2D eigenvalue weighted by Gasteiger charge is -2.13. The van der Waals surface area contributed by atoms with Crippen molar-refractivity contribution in [2.24, 2.45) is 0 Å². The maximum atomic E-state index is 14.1. The van der Waals surface area contributed by atoms with E-state index in [0.717, 1.165) is 18.6 Å². The van der Waals surface area contributed by atoms with Gasteiger partial charge >= 0.3 is 0 Å². The molecule has 0 saturated carbocycles. The minimum absolute atomic E-state index is 0.00508. The molecule has 0 aliphatic heterocycles. The molecule has 0 aliphatic carbocycles. The number of nitrogen functional groups attached to an aromatic ring is 1. The van der Waals surface area contributed by atoms with E-state index >= 15 is 0 Å². The number of carbonyl (C=O) groups excluding carboxylic acids is 1. The van der Waals surface area contributed by atoms with Crippen LogP contribution in [-0.4, -0.2) is 29.8 Å². The van der Waals surface area contributed by atoms with Crippen molar-refractivity contribution in [3.8, 4) is 16.9 Å². The fraction of sp³-hybridized carbons (Fsp3) is 0.211. The van der Waals surface area contributed by atoms with Gasteiger partial charge in [0.05, 0.1) is 12.8 Å². The third-order valence-electron chi connectivity index (χ3n) is 4.08. The molecule has 0 spiro atoms. The number of amides is 1. The van der Waals surface area contributed by atoms with Crippen LogP contribution < -0.4 is 15.8 Å². The molecule has 0 radical (unpaired) electrons. The number of halogens is 2. The molecule has 3 rings (SSSR count). The summed E-state index contributed by atoms with van der Waals surface area (Å²) in [7, 11) is 1.29. The number of methoxy groups -OCH3 is 1. The highest BCUT2D eigenvalue weighted by atomic mass is 19.1. The van der Waals surface area contributed by atoms with Gasteiger partial charge in [-0.05, 0) is 12.5 Å². The molecule has 1 heterocycles. The van der Waals surface area contributed by atoms with Crippen molar-refractivity contribution in [1.29, 1.82) is 0 Å². The molecule has 1 aromatic heterocycles. The van der Waals surface area contributed by atoms with Gasteiger partial charge in [-0.2, -0.15) is 0 Å². The fourth-order valence-electron chi connectivity index (χ4n) is 2.83. The minimum Gasteiger partial charge on any atom is -0.493 e. The summed E-state index contributed by atoms with van der Waals surface area (Å²) >= 11 is 0. The zero-order valence-electron chi connectivity index (χ0n) is 14.8. The SMILES string of the molecule is CCCNC(=O)c1nnc2c(-c3cc(F)cc(F)c3OC)cccc2c1N. The second kappa shape index (κ2) is 7.53. The smallest absolute Gasteiger partial charge is 0.273 e. The van der Waals surface area contributed by atoms with Gasteiger partial charge in [0, 0.05) is 29.1 Å². The topological polar surface area (TPSA) is 90.1 Å². The van der Waals surface area contributed by atoms with E-state index in [4.69, 9.17) is 10.5 Å². The number of hydrogen-bond acceptors (Lipinski definition) is 5. The van der Waals surface area contributed by atoms with Crippen molar-refractivity contribution in [3.63, 3.8) is 0 Å². The number of carbonyl (C=O) groups is 1. The molecule has 2 aromatic carbocycles. The van der Waals surface area contributed by atoms with Crippen molar-refractivity contribution in [2.45, 2.75) is 13.3 Å². The zero-order chi connectivity index (χ0) is 19.6. The second-order valence-electron chi connectivity index (χ2n) is 5.89. The first-order chi connectivity index (χ1) is 13.0. The summed E-state index contributed by atoms with van der Waals surface area (Å²) < 4.78 is 33.0. The molecule has 0 aliphatic rings. The van der Waals surface area contributed by atoms with Crippen molar-refractivity contribution >= 4 is 22.5 Å². The Labute approximate surface area is 154 Å². The minimum atomic E-state index is -0.832. The quantitative estimate of drug-likeness (QED) is 0.717. The maximum absolute atomic E-state index is 14.1. The summed E-state index contributed by atoms with van der Waals surface area (Å²) in [5.41, 5.74) is 7.16. The third kappa shape index (κ3) is 3.38. The number of ether oxygens (including phenoxy) is 1. The Morgan fingerprint density at radius 2 is 2.00 bits per heavy atom. The maximum Gasteiger partial charge on any atom is 0.273 e. The van der Waals surface area contributed by atoms with Gasteiger partial charge < -0.3 is 15.8 Å². The van der Waals surface area contributed by atoms with E-state index in [1.165, 1.54) is 7.11 Å². The zero-order valence-corrected chi connectivity index (χ0v) is 14.8. The van der Waals surface area contributed by atoms with Crippen LogP contribution >= 0.6 is 0 Å². The van der Waals surface area contributed by atoms with E-state index in [0.29, 0.717) is 23.0 Å². The van der Waals surface area contributed by atoms with Crippen LogP contribution in [-0.2, 0) is 0 Å². The van der Waals surface area contributed by atoms with Crippen molar-refractivity contribution in [2.75, 3.05) is 19.4 Å². The molecular formula is C19H18F2N4O2. The second-order valence-corrected chi connectivity index (χ2v) is 5.89. The number of nitrogens with two attached hydrogens (primary N) is 1. The largest absolute Gasteiger partial charge is 0.493 e. The Bertz CT molecular complexity index is 1020. The number of fused-ring (bicyclic) bond motifs is 1. The van der Waals surface area contributed by atoms with E-state index in [1.807, 2.05) is 6.92 Å². The molecule has 0 bridgehead atoms. The first-order valence-corrected chi connectivity index (χ1v) is 8.34. The van der Waals surface area contributed by atoms with E-state index in [2.05, 4.69) is 15.5 Å². The first kappa shape index (κ1) is 18.5. The summed E-state index contributed by atoms with van der Waals surface area (Å²) in [6, 6.07) is 6.84. The van der Waals surface area contributed by atoms with Gasteiger partial charge in [0.1, 0.15) is 11.3 Å². The average Bonchev–Trinajstić information content (AvgIpc) is 2.65. The highest BCUT2D eigenvalue weighted by molar-refractivity contribution is 6.07. The van der Waals surface area contributed by atoms with Crippen molar-refractivity contribution in [1.82, 2.24) is 15.5 Å². The van der Waals surface area contributed by atoms with Crippen LogP contribution in [0.25, 0.3) is 22.0 Å². The molecule has 140 valence electrons. The molecule has 1 amide bonds. The van der Waals surface area contributed by atoms with Gasteiger partial charge in [-0.15, -0.1) is 10.2 Å². The number of anilines is 1. The monoisotopic (exact) mass is 372 g/mol. The highest BCUT2D eigenvalue weighted by Gasteiger charge is 2.20. The number of rotatable bonds is 5. The standard InChI is InChI=1S/C19H18F2N4O2/c1-3-7-23-19(26)17-15(22)12-6-4-5-11(16(12)24-25-17)13-8-10(20)9-14(21)18(13)27-2/h4-6,8-9H,3,7H2,1-2H3,(H2,22,24)(H,23,26). The van der Waals surface area contributed by atoms with Crippen LogP contribution in [0.3, 0.4) is 0 Å². The van der Waals surface area contributed by atoms with Gasteiger partial charge in [0.15, 0.2) is 17.3 Å². The molecule has 8 heteroatoms. The van der Waals surface area contributed by atoms with E-state index in [-0.39, 0.29) is 22.7 Å². The molecular weight excluding hydrogens is 354 g/mol. The van der Waals surface area contributed by atoms with Gasteiger partial charge in [0.25, 0.3) is 5.91 Å². The molecule has 0 atom stereocenters. The van der Waals surface area contributed by atoms with Crippen LogP contribution in [0.2, 0.25) is 0 Å². The van der Waals surface area contributed by atoms with E-state index < -0.39 is 17.5 Å². The number of benzene rings is 2. The third-order valence-corrected chi connectivity index (χ3v) is 4.08. The molecule has 0 fully saturated rings. The van der Waals surface area contributed by atoms with Crippen LogP contribution in [0.15, 0.2) is 30.3 Å². The number of nitrogens with zero attached hydrogens (tertiary/aromatic N) is 2. The van der Waals surface area contributed by atoms with Crippen LogP contribution in [0.4, 0.5) is 14.5 Å². The number of nitrogens with one attached hydrogen (secondary N) is 1. The van der Waals surface area contributed by atoms with Gasteiger partial charge in [-0.25, -0.2) is 8.78 Å².